The average molecular weight is 266 g/mol. The van der Waals surface area contributed by atoms with Crippen molar-refractivity contribution in [3.63, 3.8) is 0 Å². The first-order valence-electron chi connectivity index (χ1n) is 6.36. The van der Waals surface area contributed by atoms with E-state index in [1.54, 1.807) is 17.1 Å². The van der Waals surface area contributed by atoms with Crippen molar-refractivity contribution in [3.8, 4) is 11.3 Å². The monoisotopic (exact) mass is 266 g/mol. The Morgan fingerprint density at radius 2 is 1.85 bits per heavy atom. The molecule has 3 aromatic rings. The van der Waals surface area contributed by atoms with Gasteiger partial charge in [-0.3, -0.25) is 4.68 Å². The zero-order valence-electron chi connectivity index (χ0n) is 10.8. The Kier molecular flexibility index (Phi) is 3.64. The molecule has 1 aromatic carbocycles. The summed E-state index contributed by atoms with van der Waals surface area (Å²) in [5.74, 6) is 0. The Balaban J connectivity index is 1.58. The molecule has 6 nitrogen and oxygen atoms in total. The van der Waals surface area contributed by atoms with E-state index in [-0.39, 0.29) is 0 Å². The van der Waals surface area contributed by atoms with Crippen molar-refractivity contribution >= 4 is 5.69 Å². The van der Waals surface area contributed by atoms with Gasteiger partial charge in [0, 0.05) is 30.2 Å². The summed E-state index contributed by atoms with van der Waals surface area (Å²) >= 11 is 0. The largest absolute Gasteiger partial charge is 0.383 e. The van der Waals surface area contributed by atoms with Gasteiger partial charge in [-0.1, -0.05) is 23.4 Å². The summed E-state index contributed by atoms with van der Waals surface area (Å²) in [6, 6.07) is 10.1. The molecule has 20 heavy (non-hydrogen) atoms. The summed E-state index contributed by atoms with van der Waals surface area (Å²) in [5.41, 5.74) is 2.75. The molecule has 0 spiro atoms. The normalized spacial score (nSPS) is 10.4. The van der Waals surface area contributed by atoms with Crippen molar-refractivity contribution in [3.05, 3.63) is 55.2 Å². The fourth-order valence-electron chi connectivity index (χ4n) is 1.84. The predicted octanol–water partition coefficient (Wildman–Crippen LogP) is 1.85. The van der Waals surface area contributed by atoms with E-state index in [0.29, 0.717) is 0 Å². The molecule has 1 N–H and O–H groups in total. The molecular formula is C14H14N6. The first kappa shape index (κ1) is 12.3. The van der Waals surface area contributed by atoms with Crippen LogP contribution < -0.4 is 5.32 Å². The first-order chi connectivity index (χ1) is 9.92. The molecule has 100 valence electrons. The molecule has 0 amide bonds. The number of para-hydroxylation sites is 1. The Morgan fingerprint density at radius 3 is 2.65 bits per heavy atom. The predicted molar refractivity (Wildman–Crippen MR) is 76.0 cm³/mol. The first-order valence-corrected chi connectivity index (χ1v) is 6.36. The molecule has 0 fully saturated rings. The summed E-state index contributed by atoms with van der Waals surface area (Å²) in [6.07, 6.45) is 6.84. The van der Waals surface area contributed by atoms with Crippen molar-refractivity contribution in [2.24, 2.45) is 0 Å². The Morgan fingerprint density at radius 1 is 1.05 bits per heavy atom. The molecule has 0 atom stereocenters. The van der Waals surface area contributed by atoms with E-state index in [9.17, 15) is 0 Å². The number of nitrogens with one attached hydrogen (secondary N) is 1. The maximum absolute atomic E-state index is 4.12. The zero-order valence-corrected chi connectivity index (χ0v) is 10.8. The molecular weight excluding hydrogens is 252 g/mol. The minimum atomic E-state index is 0.746. The number of hydrogen-bond donors (Lipinski definition) is 1. The van der Waals surface area contributed by atoms with Crippen molar-refractivity contribution in [2.45, 2.75) is 6.54 Å². The van der Waals surface area contributed by atoms with Crippen LogP contribution >= 0.6 is 0 Å². The van der Waals surface area contributed by atoms with Gasteiger partial charge >= 0.3 is 0 Å². The molecule has 0 saturated carbocycles. The highest BCUT2D eigenvalue weighted by molar-refractivity contribution is 5.54. The van der Waals surface area contributed by atoms with Crippen LogP contribution in [-0.4, -0.2) is 31.5 Å². The van der Waals surface area contributed by atoms with E-state index in [0.717, 1.165) is 30.0 Å². The molecule has 0 unspecified atom stereocenters. The van der Waals surface area contributed by atoms with Gasteiger partial charge in [-0.2, -0.15) is 0 Å². The van der Waals surface area contributed by atoms with Crippen molar-refractivity contribution in [1.29, 1.82) is 0 Å². The third-order valence-corrected chi connectivity index (χ3v) is 2.84. The zero-order chi connectivity index (χ0) is 13.6. The van der Waals surface area contributed by atoms with Gasteiger partial charge in [0.1, 0.15) is 12.0 Å². The molecule has 3 rings (SSSR count). The molecule has 0 bridgehead atoms. The summed E-state index contributed by atoms with van der Waals surface area (Å²) < 4.78 is 1.80. The molecule has 6 heteroatoms. The van der Waals surface area contributed by atoms with Crippen molar-refractivity contribution in [2.75, 3.05) is 11.9 Å². The maximum atomic E-state index is 4.12. The number of hydrogen-bond acceptors (Lipinski definition) is 5. The lowest BCUT2D eigenvalue weighted by molar-refractivity contribution is 0.609. The van der Waals surface area contributed by atoms with E-state index in [2.05, 4.69) is 25.6 Å². The van der Waals surface area contributed by atoms with Crippen LogP contribution in [0.2, 0.25) is 0 Å². The van der Waals surface area contributed by atoms with Gasteiger partial charge in [0.05, 0.1) is 12.7 Å². The Labute approximate surface area is 116 Å². The van der Waals surface area contributed by atoms with Crippen LogP contribution in [0.4, 0.5) is 5.69 Å². The molecule has 0 aliphatic heterocycles. The SMILES string of the molecule is c1ccc(NCCn2cc(-c3cncnc3)nn2)cc1. The van der Waals surface area contributed by atoms with Gasteiger partial charge in [0.2, 0.25) is 0 Å². The highest BCUT2D eigenvalue weighted by Gasteiger charge is 2.03. The van der Waals surface area contributed by atoms with Crippen LogP contribution in [0.1, 0.15) is 0 Å². The minimum absolute atomic E-state index is 0.746. The van der Waals surface area contributed by atoms with Gasteiger partial charge in [-0.25, -0.2) is 9.97 Å². The smallest absolute Gasteiger partial charge is 0.116 e. The fourth-order valence-corrected chi connectivity index (χ4v) is 1.84. The van der Waals surface area contributed by atoms with E-state index < -0.39 is 0 Å². The summed E-state index contributed by atoms with van der Waals surface area (Å²) in [5, 5.41) is 11.5. The molecule has 0 saturated heterocycles. The standard InChI is InChI=1S/C14H14N6/c1-2-4-13(5-3-1)17-6-7-20-10-14(18-19-20)12-8-15-11-16-9-12/h1-5,8-11,17H,6-7H2. The number of anilines is 1. The summed E-state index contributed by atoms with van der Waals surface area (Å²) in [6.45, 7) is 1.54. The van der Waals surface area contributed by atoms with Crippen LogP contribution in [0.3, 0.4) is 0 Å². The molecule has 2 aromatic heterocycles. The third-order valence-electron chi connectivity index (χ3n) is 2.84. The Bertz CT molecular complexity index is 650. The molecule has 0 aliphatic rings. The maximum Gasteiger partial charge on any atom is 0.116 e. The average Bonchev–Trinajstić information content (AvgIpc) is 2.98. The van der Waals surface area contributed by atoms with Gasteiger partial charge in [-0.15, -0.1) is 5.10 Å². The van der Waals surface area contributed by atoms with Crippen molar-refractivity contribution in [1.82, 2.24) is 25.0 Å². The number of aromatic nitrogens is 5. The quantitative estimate of drug-likeness (QED) is 0.763. The van der Waals surface area contributed by atoms with E-state index >= 15 is 0 Å². The van der Waals surface area contributed by atoms with Gasteiger partial charge in [0.15, 0.2) is 0 Å². The topological polar surface area (TPSA) is 68.5 Å². The molecule has 0 aliphatic carbocycles. The van der Waals surface area contributed by atoms with Crippen LogP contribution in [-0.2, 0) is 6.54 Å². The van der Waals surface area contributed by atoms with Crippen LogP contribution in [0.15, 0.2) is 55.2 Å². The number of benzene rings is 1. The highest BCUT2D eigenvalue weighted by Crippen LogP contribution is 2.12. The second-order valence-electron chi connectivity index (χ2n) is 4.29. The second-order valence-corrected chi connectivity index (χ2v) is 4.29. The second kappa shape index (κ2) is 5.92. The lowest BCUT2D eigenvalue weighted by Crippen LogP contribution is -2.10. The summed E-state index contributed by atoms with van der Waals surface area (Å²) in [7, 11) is 0. The van der Waals surface area contributed by atoms with Gasteiger partial charge in [-0.05, 0) is 12.1 Å². The van der Waals surface area contributed by atoms with Gasteiger partial charge in [0.25, 0.3) is 0 Å². The van der Waals surface area contributed by atoms with Crippen LogP contribution in [0.25, 0.3) is 11.3 Å². The van der Waals surface area contributed by atoms with E-state index in [4.69, 9.17) is 0 Å². The highest BCUT2D eigenvalue weighted by atomic mass is 15.4. The van der Waals surface area contributed by atoms with Crippen molar-refractivity contribution < 1.29 is 0 Å². The lowest BCUT2D eigenvalue weighted by Gasteiger charge is -2.05. The van der Waals surface area contributed by atoms with E-state index in [1.807, 2.05) is 36.5 Å². The van der Waals surface area contributed by atoms with Crippen LogP contribution in [0.5, 0.6) is 0 Å². The van der Waals surface area contributed by atoms with Crippen LogP contribution in [0, 0.1) is 0 Å². The lowest BCUT2D eigenvalue weighted by atomic mass is 10.3. The number of rotatable bonds is 5. The minimum Gasteiger partial charge on any atom is -0.383 e. The van der Waals surface area contributed by atoms with Gasteiger partial charge < -0.3 is 5.32 Å². The Hall–Kier alpha value is -2.76. The molecule has 2 heterocycles. The summed E-state index contributed by atoms with van der Waals surface area (Å²) in [4.78, 5) is 7.94. The number of nitrogens with zero attached hydrogens (tertiary/aromatic N) is 5. The fraction of sp³-hybridized carbons (Fsp3) is 0.143. The third kappa shape index (κ3) is 2.97. The molecule has 0 radical (unpaired) electrons. The van der Waals surface area contributed by atoms with E-state index in [1.165, 1.54) is 6.33 Å².